The molecule has 1 amide bonds. The van der Waals surface area contributed by atoms with E-state index in [0.29, 0.717) is 18.1 Å². The second-order valence-corrected chi connectivity index (χ2v) is 5.99. The summed E-state index contributed by atoms with van der Waals surface area (Å²) in [5.74, 6) is 0.406. The Bertz CT molecular complexity index is 540. The van der Waals surface area contributed by atoms with Crippen molar-refractivity contribution in [1.82, 2.24) is 15.5 Å². The van der Waals surface area contributed by atoms with Gasteiger partial charge in [0.25, 0.3) is 5.91 Å². The third-order valence-corrected chi connectivity index (χ3v) is 3.82. The molecule has 18 heavy (non-hydrogen) atoms. The molecule has 2 aromatic heterocycles. The van der Waals surface area contributed by atoms with E-state index in [1.54, 1.807) is 30.5 Å². The summed E-state index contributed by atoms with van der Waals surface area (Å²) in [6.45, 7) is 0.685. The summed E-state index contributed by atoms with van der Waals surface area (Å²) in [5.41, 5.74) is 0.307. The van der Waals surface area contributed by atoms with E-state index >= 15 is 0 Å². The van der Waals surface area contributed by atoms with Gasteiger partial charge in [-0.15, -0.1) is 21.5 Å². The molecule has 0 aliphatic heterocycles. The number of amides is 1. The summed E-state index contributed by atoms with van der Waals surface area (Å²) in [6, 6.07) is 7.41. The molecule has 0 bridgehead atoms. The zero-order valence-corrected chi connectivity index (χ0v) is 12.0. The molecule has 0 atom stereocenters. The van der Waals surface area contributed by atoms with E-state index in [0.717, 1.165) is 3.79 Å². The maximum atomic E-state index is 11.3. The highest BCUT2D eigenvalue weighted by atomic mass is 79.9. The van der Waals surface area contributed by atoms with Gasteiger partial charge in [0.15, 0.2) is 5.69 Å². The smallest absolute Gasteiger partial charge is 0.271 e. The monoisotopic (exact) mass is 326 g/mol. The molecule has 0 radical (unpaired) electrons. The van der Waals surface area contributed by atoms with E-state index < -0.39 is 0 Å². The first-order valence-corrected chi connectivity index (χ1v) is 6.84. The van der Waals surface area contributed by atoms with Gasteiger partial charge in [0.05, 0.1) is 10.3 Å². The van der Waals surface area contributed by atoms with Crippen LogP contribution in [-0.2, 0) is 6.54 Å². The molecule has 0 aromatic carbocycles. The molecule has 2 aromatic rings. The summed E-state index contributed by atoms with van der Waals surface area (Å²) in [7, 11) is 1.56. The fraction of sp³-hybridized carbons (Fsp3) is 0.182. The Morgan fingerprint density at radius 1 is 1.33 bits per heavy atom. The van der Waals surface area contributed by atoms with Crippen LogP contribution in [0, 0.1) is 0 Å². The minimum absolute atomic E-state index is 0.240. The number of nitrogens with zero attached hydrogens (tertiary/aromatic N) is 2. The van der Waals surface area contributed by atoms with E-state index in [4.69, 9.17) is 0 Å². The van der Waals surface area contributed by atoms with Crippen molar-refractivity contribution in [3.63, 3.8) is 0 Å². The Morgan fingerprint density at radius 2 is 2.17 bits per heavy atom. The highest BCUT2D eigenvalue weighted by Crippen LogP contribution is 2.22. The molecule has 0 saturated heterocycles. The molecular formula is C11H11BrN4OS. The van der Waals surface area contributed by atoms with E-state index in [9.17, 15) is 4.79 Å². The zero-order chi connectivity index (χ0) is 13.0. The van der Waals surface area contributed by atoms with Gasteiger partial charge >= 0.3 is 0 Å². The standard InChI is InChI=1S/C11H11BrN4OS/c1-13-11(17)8-3-5-10(16-15-8)14-6-7-2-4-9(12)18-7/h2-5H,6H2,1H3,(H,13,17)(H,14,16). The fourth-order valence-corrected chi connectivity index (χ4v) is 2.72. The van der Waals surface area contributed by atoms with Crippen LogP contribution in [0.15, 0.2) is 28.1 Å². The van der Waals surface area contributed by atoms with E-state index in [2.05, 4.69) is 36.8 Å². The summed E-state index contributed by atoms with van der Waals surface area (Å²) in [6.07, 6.45) is 0. The van der Waals surface area contributed by atoms with Crippen LogP contribution in [0.1, 0.15) is 15.4 Å². The number of anilines is 1. The van der Waals surface area contributed by atoms with Crippen LogP contribution in [0.2, 0.25) is 0 Å². The summed E-state index contributed by atoms with van der Waals surface area (Å²) in [4.78, 5) is 12.5. The Morgan fingerprint density at radius 3 is 2.72 bits per heavy atom. The lowest BCUT2D eigenvalue weighted by Gasteiger charge is -2.03. The lowest BCUT2D eigenvalue weighted by molar-refractivity contribution is 0.0957. The first-order chi connectivity index (χ1) is 8.69. The van der Waals surface area contributed by atoms with Gasteiger partial charge in [-0.05, 0) is 40.2 Å². The fourth-order valence-electron chi connectivity index (χ4n) is 1.30. The third-order valence-electron chi connectivity index (χ3n) is 2.20. The summed E-state index contributed by atoms with van der Waals surface area (Å²) >= 11 is 5.07. The molecule has 0 spiro atoms. The lowest BCUT2D eigenvalue weighted by Crippen LogP contribution is -2.19. The highest BCUT2D eigenvalue weighted by molar-refractivity contribution is 9.11. The molecule has 0 saturated carbocycles. The average molecular weight is 327 g/mol. The number of carbonyl (C=O) groups excluding carboxylic acids is 1. The topological polar surface area (TPSA) is 66.9 Å². The van der Waals surface area contributed by atoms with Crippen LogP contribution in [0.4, 0.5) is 5.82 Å². The van der Waals surface area contributed by atoms with Crippen molar-refractivity contribution >= 4 is 39.0 Å². The number of rotatable bonds is 4. The van der Waals surface area contributed by atoms with Crippen LogP contribution in [0.5, 0.6) is 0 Å². The number of halogens is 1. The maximum absolute atomic E-state index is 11.3. The first kappa shape index (κ1) is 13.0. The van der Waals surface area contributed by atoms with Crippen molar-refractivity contribution in [2.75, 3.05) is 12.4 Å². The Labute approximate surface area is 117 Å². The molecule has 7 heteroatoms. The zero-order valence-electron chi connectivity index (χ0n) is 9.61. The van der Waals surface area contributed by atoms with Gasteiger partial charge in [0.2, 0.25) is 0 Å². The van der Waals surface area contributed by atoms with Crippen LogP contribution in [0.3, 0.4) is 0 Å². The number of nitrogens with one attached hydrogen (secondary N) is 2. The van der Waals surface area contributed by atoms with Gasteiger partial charge < -0.3 is 10.6 Å². The Kier molecular flexibility index (Phi) is 4.27. The second kappa shape index (κ2) is 5.92. The highest BCUT2D eigenvalue weighted by Gasteiger charge is 2.05. The molecule has 94 valence electrons. The van der Waals surface area contributed by atoms with Gasteiger partial charge in [-0.3, -0.25) is 4.79 Å². The number of thiophene rings is 1. The van der Waals surface area contributed by atoms with Crippen LogP contribution in [0.25, 0.3) is 0 Å². The number of aromatic nitrogens is 2. The van der Waals surface area contributed by atoms with E-state index in [1.165, 1.54) is 4.88 Å². The quantitative estimate of drug-likeness (QED) is 0.904. The Balaban J connectivity index is 1.96. The molecule has 2 heterocycles. The normalized spacial score (nSPS) is 10.1. The minimum atomic E-state index is -0.240. The molecule has 0 unspecified atom stereocenters. The third kappa shape index (κ3) is 3.27. The van der Waals surface area contributed by atoms with Crippen molar-refractivity contribution in [1.29, 1.82) is 0 Å². The lowest BCUT2D eigenvalue weighted by atomic mass is 10.3. The van der Waals surface area contributed by atoms with Crippen molar-refractivity contribution in [2.24, 2.45) is 0 Å². The molecular weight excluding hydrogens is 316 g/mol. The largest absolute Gasteiger partial charge is 0.364 e. The average Bonchev–Trinajstić information content (AvgIpc) is 2.82. The Hall–Kier alpha value is -1.47. The van der Waals surface area contributed by atoms with E-state index in [1.807, 2.05) is 12.1 Å². The molecule has 5 nitrogen and oxygen atoms in total. The second-order valence-electron chi connectivity index (χ2n) is 3.44. The van der Waals surface area contributed by atoms with Crippen molar-refractivity contribution in [2.45, 2.75) is 6.54 Å². The minimum Gasteiger partial charge on any atom is -0.364 e. The molecule has 2 N–H and O–H groups in total. The summed E-state index contributed by atoms with van der Waals surface area (Å²) in [5, 5.41) is 13.4. The van der Waals surface area contributed by atoms with Gasteiger partial charge in [-0.1, -0.05) is 0 Å². The number of hydrogen-bond acceptors (Lipinski definition) is 5. The van der Waals surface area contributed by atoms with Crippen molar-refractivity contribution in [3.05, 3.63) is 38.6 Å². The van der Waals surface area contributed by atoms with Crippen LogP contribution >= 0.6 is 27.3 Å². The van der Waals surface area contributed by atoms with Crippen LogP contribution < -0.4 is 10.6 Å². The van der Waals surface area contributed by atoms with Crippen LogP contribution in [-0.4, -0.2) is 23.2 Å². The SMILES string of the molecule is CNC(=O)c1ccc(NCc2ccc(Br)s2)nn1. The van der Waals surface area contributed by atoms with Gasteiger partial charge in [-0.2, -0.15) is 0 Å². The van der Waals surface area contributed by atoms with Gasteiger partial charge in [0.1, 0.15) is 5.82 Å². The van der Waals surface area contributed by atoms with Gasteiger partial charge in [0, 0.05) is 11.9 Å². The van der Waals surface area contributed by atoms with E-state index in [-0.39, 0.29) is 5.91 Å². The predicted molar refractivity (Wildman–Crippen MR) is 74.8 cm³/mol. The number of hydrogen-bond donors (Lipinski definition) is 2. The first-order valence-electron chi connectivity index (χ1n) is 5.23. The predicted octanol–water partition coefficient (Wildman–Crippen LogP) is 2.27. The maximum Gasteiger partial charge on any atom is 0.271 e. The van der Waals surface area contributed by atoms with Gasteiger partial charge in [-0.25, -0.2) is 0 Å². The summed E-state index contributed by atoms with van der Waals surface area (Å²) < 4.78 is 1.10. The molecule has 0 aliphatic rings. The molecule has 0 aliphatic carbocycles. The number of carbonyl (C=O) groups is 1. The molecule has 2 rings (SSSR count). The van der Waals surface area contributed by atoms with Crippen molar-refractivity contribution < 1.29 is 4.79 Å². The molecule has 0 fully saturated rings. The van der Waals surface area contributed by atoms with Crippen molar-refractivity contribution in [3.8, 4) is 0 Å².